The van der Waals surface area contributed by atoms with Crippen molar-refractivity contribution in [3.8, 4) is 0 Å². The van der Waals surface area contributed by atoms with Crippen LogP contribution in [0.25, 0.3) is 0 Å². The van der Waals surface area contributed by atoms with Gasteiger partial charge in [-0.1, -0.05) is 31.2 Å². The SMILES string of the molecule is Cc1ccccc1C(C)CC(=O)N(C)CC(O)CN1CCOCC1. The number of nitrogens with zero attached hydrogens (tertiary/aromatic N) is 2. The summed E-state index contributed by atoms with van der Waals surface area (Å²) in [5, 5.41) is 10.2. The fourth-order valence-corrected chi connectivity index (χ4v) is 3.22. The molecular formula is C19H30N2O3. The molecule has 134 valence electrons. The van der Waals surface area contributed by atoms with Gasteiger partial charge in [0.2, 0.25) is 5.91 Å². The van der Waals surface area contributed by atoms with Crippen molar-refractivity contribution in [2.75, 3.05) is 46.4 Å². The molecule has 5 heteroatoms. The van der Waals surface area contributed by atoms with E-state index < -0.39 is 6.10 Å². The summed E-state index contributed by atoms with van der Waals surface area (Å²) in [4.78, 5) is 16.3. The average molecular weight is 334 g/mol. The van der Waals surface area contributed by atoms with Gasteiger partial charge in [0.1, 0.15) is 0 Å². The molecule has 1 N–H and O–H groups in total. The number of aryl methyl sites for hydroxylation is 1. The predicted molar refractivity (Wildman–Crippen MR) is 95.1 cm³/mol. The van der Waals surface area contributed by atoms with Crippen molar-refractivity contribution in [3.63, 3.8) is 0 Å². The van der Waals surface area contributed by atoms with Gasteiger partial charge in [-0.2, -0.15) is 0 Å². The molecule has 0 saturated carbocycles. The van der Waals surface area contributed by atoms with Gasteiger partial charge < -0.3 is 14.7 Å². The second-order valence-corrected chi connectivity index (χ2v) is 6.80. The number of rotatable bonds is 7. The van der Waals surface area contributed by atoms with E-state index in [0.717, 1.165) is 26.3 Å². The van der Waals surface area contributed by atoms with Crippen LogP contribution in [0.5, 0.6) is 0 Å². The zero-order valence-corrected chi connectivity index (χ0v) is 15.1. The molecule has 5 nitrogen and oxygen atoms in total. The van der Waals surface area contributed by atoms with E-state index in [0.29, 0.717) is 19.5 Å². The van der Waals surface area contributed by atoms with Crippen LogP contribution in [0.15, 0.2) is 24.3 Å². The molecule has 1 aromatic rings. The maximum Gasteiger partial charge on any atom is 0.223 e. The lowest BCUT2D eigenvalue weighted by atomic mass is 9.93. The summed E-state index contributed by atoms with van der Waals surface area (Å²) in [7, 11) is 1.77. The molecule has 2 atom stereocenters. The molecule has 0 aliphatic carbocycles. The Bertz CT molecular complexity index is 529. The second kappa shape index (κ2) is 9.16. The smallest absolute Gasteiger partial charge is 0.223 e. The molecule has 2 rings (SSSR count). The lowest BCUT2D eigenvalue weighted by Crippen LogP contribution is -2.45. The van der Waals surface area contributed by atoms with Gasteiger partial charge in [0, 0.05) is 39.6 Å². The molecule has 0 radical (unpaired) electrons. The number of β-amino-alcohol motifs (C(OH)–C–C–N with tert-alkyl or cyclic N) is 1. The molecule has 0 bridgehead atoms. The van der Waals surface area contributed by atoms with Gasteiger partial charge >= 0.3 is 0 Å². The number of carbonyl (C=O) groups excluding carboxylic acids is 1. The summed E-state index contributed by atoms with van der Waals surface area (Å²) in [6, 6.07) is 8.19. The number of likely N-dealkylation sites (N-methyl/N-ethyl adjacent to an activating group) is 1. The molecule has 1 aliphatic heterocycles. The van der Waals surface area contributed by atoms with Crippen LogP contribution in [0.2, 0.25) is 0 Å². The summed E-state index contributed by atoms with van der Waals surface area (Å²) >= 11 is 0. The predicted octanol–water partition coefficient (Wildman–Crippen LogP) is 1.64. The first kappa shape index (κ1) is 18.9. The molecular weight excluding hydrogens is 304 g/mol. The number of ether oxygens (including phenoxy) is 1. The second-order valence-electron chi connectivity index (χ2n) is 6.80. The number of hydrogen-bond acceptors (Lipinski definition) is 4. The number of aliphatic hydroxyl groups excluding tert-OH is 1. The van der Waals surface area contributed by atoms with Crippen molar-refractivity contribution < 1.29 is 14.6 Å². The maximum absolute atomic E-state index is 12.4. The minimum atomic E-state index is -0.522. The van der Waals surface area contributed by atoms with Crippen LogP contribution >= 0.6 is 0 Å². The molecule has 0 aromatic heterocycles. The lowest BCUT2D eigenvalue weighted by molar-refractivity contribution is -0.131. The highest BCUT2D eigenvalue weighted by Crippen LogP contribution is 2.23. The topological polar surface area (TPSA) is 53.0 Å². The third-order valence-electron chi connectivity index (χ3n) is 4.68. The largest absolute Gasteiger partial charge is 0.390 e. The molecule has 1 aromatic carbocycles. The van der Waals surface area contributed by atoms with Crippen LogP contribution < -0.4 is 0 Å². The van der Waals surface area contributed by atoms with Crippen LogP contribution in [0, 0.1) is 6.92 Å². The van der Waals surface area contributed by atoms with Crippen LogP contribution in [-0.4, -0.2) is 73.4 Å². The third kappa shape index (κ3) is 5.58. The number of aliphatic hydroxyl groups is 1. The third-order valence-corrected chi connectivity index (χ3v) is 4.68. The highest BCUT2D eigenvalue weighted by molar-refractivity contribution is 5.76. The Morgan fingerprint density at radius 2 is 2.00 bits per heavy atom. The summed E-state index contributed by atoms with van der Waals surface area (Å²) < 4.78 is 5.31. The summed E-state index contributed by atoms with van der Waals surface area (Å²) in [5.41, 5.74) is 2.43. The van der Waals surface area contributed by atoms with E-state index >= 15 is 0 Å². The van der Waals surface area contributed by atoms with Gasteiger partial charge in [-0.15, -0.1) is 0 Å². The van der Waals surface area contributed by atoms with Gasteiger partial charge in [0.25, 0.3) is 0 Å². The van der Waals surface area contributed by atoms with E-state index in [-0.39, 0.29) is 11.8 Å². The molecule has 0 spiro atoms. The van der Waals surface area contributed by atoms with Crippen molar-refractivity contribution in [2.24, 2.45) is 0 Å². The van der Waals surface area contributed by atoms with Crippen LogP contribution in [-0.2, 0) is 9.53 Å². The van der Waals surface area contributed by atoms with Gasteiger partial charge in [0.15, 0.2) is 0 Å². The van der Waals surface area contributed by atoms with Crippen molar-refractivity contribution in [3.05, 3.63) is 35.4 Å². The Morgan fingerprint density at radius 3 is 2.67 bits per heavy atom. The normalized spacial score (nSPS) is 18.2. The minimum absolute atomic E-state index is 0.0757. The summed E-state index contributed by atoms with van der Waals surface area (Å²) in [6.45, 7) is 8.25. The van der Waals surface area contributed by atoms with Crippen LogP contribution in [0.1, 0.15) is 30.4 Å². The van der Waals surface area contributed by atoms with Gasteiger partial charge in [-0.25, -0.2) is 0 Å². The van der Waals surface area contributed by atoms with E-state index in [1.165, 1.54) is 11.1 Å². The Balaban J connectivity index is 1.79. The van der Waals surface area contributed by atoms with Gasteiger partial charge in [0.05, 0.1) is 19.3 Å². The number of carbonyl (C=O) groups is 1. The van der Waals surface area contributed by atoms with Crippen LogP contribution in [0.3, 0.4) is 0 Å². The number of amides is 1. The van der Waals surface area contributed by atoms with Crippen LogP contribution in [0.4, 0.5) is 0 Å². The zero-order chi connectivity index (χ0) is 17.5. The first-order valence-electron chi connectivity index (χ1n) is 8.75. The lowest BCUT2D eigenvalue weighted by Gasteiger charge is -2.30. The minimum Gasteiger partial charge on any atom is -0.390 e. The first-order chi connectivity index (χ1) is 11.5. The Labute approximate surface area is 145 Å². The van der Waals surface area contributed by atoms with E-state index in [1.807, 2.05) is 12.1 Å². The van der Waals surface area contributed by atoms with E-state index in [1.54, 1.807) is 11.9 Å². The van der Waals surface area contributed by atoms with Crippen molar-refractivity contribution >= 4 is 5.91 Å². The number of hydrogen-bond donors (Lipinski definition) is 1. The quantitative estimate of drug-likeness (QED) is 0.824. The van der Waals surface area contributed by atoms with E-state index in [2.05, 4.69) is 30.9 Å². The van der Waals surface area contributed by atoms with Crippen molar-refractivity contribution in [1.82, 2.24) is 9.80 Å². The first-order valence-corrected chi connectivity index (χ1v) is 8.75. The van der Waals surface area contributed by atoms with E-state index in [4.69, 9.17) is 4.74 Å². The molecule has 2 unspecified atom stereocenters. The van der Waals surface area contributed by atoms with Crippen molar-refractivity contribution in [2.45, 2.75) is 32.3 Å². The molecule has 1 aliphatic rings. The maximum atomic E-state index is 12.4. The molecule has 1 saturated heterocycles. The monoisotopic (exact) mass is 334 g/mol. The van der Waals surface area contributed by atoms with E-state index in [9.17, 15) is 9.90 Å². The number of morpholine rings is 1. The average Bonchev–Trinajstić information content (AvgIpc) is 2.55. The Kier molecular flexibility index (Phi) is 7.21. The van der Waals surface area contributed by atoms with Crippen molar-refractivity contribution in [1.29, 1.82) is 0 Å². The molecule has 1 amide bonds. The molecule has 1 fully saturated rings. The molecule has 24 heavy (non-hydrogen) atoms. The Morgan fingerprint density at radius 1 is 1.33 bits per heavy atom. The van der Waals surface area contributed by atoms with Gasteiger partial charge in [-0.3, -0.25) is 9.69 Å². The van der Waals surface area contributed by atoms with Gasteiger partial charge in [-0.05, 0) is 24.0 Å². The summed E-state index contributed by atoms with van der Waals surface area (Å²) in [6.07, 6.45) is -0.0585. The standard InChI is InChI=1S/C19H30N2O3/c1-15-6-4-5-7-18(15)16(2)12-19(23)20(3)13-17(22)14-21-8-10-24-11-9-21/h4-7,16-17,22H,8-14H2,1-3H3. The fourth-order valence-electron chi connectivity index (χ4n) is 3.22. The zero-order valence-electron chi connectivity index (χ0n) is 15.1. The fraction of sp³-hybridized carbons (Fsp3) is 0.632. The highest BCUT2D eigenvalue weighted by Gasteiger charge is 2.20. The molecule has 1 heterocycles. The Hall–Kier alpha value is -1.43. The number of benzene rings is 1. The highest BCUT2D eigenvalue weighted by atomic mass is 16.5. The summed E-state index contributed by atoms with van der Waals surface area (Å²) in [5.74, 6) is 0.254.